The van der Waals surface area contributed by atoms with Crippen molar-refractivity contribution in [1.82, 2.24) is 30.2 Å². The van der Waals surface area contributed by atoms with Gasteiger partial charge in [0.2, 0.25) is 17.7 Å². The SMILES string of the molecule is CCn1nccc1C(=O)NC(C(=O)Nc1ccc([C@H](C)[C@@H](NC(=O)[C@H](C)OC)C(=O)N2CCN(C)[C@H](C)C2)cc1F)C1CCCC(=C(F)F)C1. The van der Waals surface area contributed by atoms with E-state index in [0.717, 1.165) is 0 Å². The molecule has 0 radical (unpaired) electrons. The van der Waals surface area contributed by atoms with Crippen molar-refractivity contribution >= 4 is 29.3 Å². The van der Waals surface area contributed by atoms with Crippen LogP contribution >= 0.6 is 0 Å². The quantitative estimate of drug-likeness (QED) is 0.305. The molecule has 1 aromatic carbocycles. The fourth-order valence-corrected chi connectivity index (χ4v) is 6.49. The lowest BCUT2D eigenvalue weighted by Crippen LogP contribution is -2.58. The molecule has 15 heteroatoms. The van der Waals surface area contributed by atoms with Crippen LogP contribution in [0.15, 0.2) is 42.1 Å². The first-order chi connectivity index (χ1) is 23.7. The first-order valence-electron chi connectivity index (χ1n) is 17.0. The number of carbonyl (C=O) groups excluding carboxylic acids is 4. The van der Waals surface area contributed by atoms with Crippen LogP contribution in [0.2, 0.25) is 0 Å². The molecule has 2 aromatic rings. The minimum absolute atomic E-state index is 0.0708. The van der Waals surface area contributed by atoms with Gasteiger partial charge in [0.25, 0.3) is 12.0 Å². The van der Waals surface area contributed by atoms with Gasteiger partial charge in [0.1, 0.15) is 29.7 Å². The summed E-state index contributed by atoms with van der Waals surface area (Å²) in [5.41, 5.74) is 0.322. The number of carbonyl (C=O) groups is 4. The fourth-order valence-electron chi connectivity index (χ4n) is 6.49. The number of anilines is 1. The van der Waals surface area contributed by atoms with E-state index in [9.17, 15) is 28.0 Å². The zero-order valence-corrected chi connectivity index (χ0v) is 29.5. The van der Waals surface area contributed by atoms with E-state index in [4.69, 9.17) is 4.74 Å². The molecule has 1 saturated heterocycles. The number of nitrogens with zero attached hydrogens (tertiary/aromatic N) is 4. The van der Waals surface area contributed by atoms with E-state index in [1.54, 1.807) is 31.7 Å². The van der Waals surface area contributed by atoms with E-state index >= 15 is 4.39 Å². The molecule has 2 fully saturated rings. The second-order valence-electron chi connectivity index (χ2n) is 13.2. The monoisotopic (exact) mass is 703 g/mol. The van der Waals surface area contributed by atoms with Gasteiger partial charge < -0.3 is 30.5 Å². The number of likely N-dealkylation sites (N-methyl/N-ethyl adjacent to an activating group) is 1. The molecule has 1 saturated carbocycles. The second-order valence-corrected chi connectivity index (χ2v) is 13.2. The number of ether oxygens (including phenoxy) is 1. The van der Waals surface area contributed by atoms with Crippen molar-refractivity contribution < 1.29 is 37.1 Å². The maximum absolute atomic E-state index is 15.8. The molecule has 0 bridgehead atoms. The molecular formula is C35H48F3N7O5. The Labute approximate surface area is 290 Å². The van der Waals surface area contributed by atoms with Crippen molar-refractivity contribution in [2.24, 2.45) is 5.92 Å². The smallest absolute Gasteiger partial charge is 0.270 e. The van der Waals surface area contributed by atoms with Crippen molar-refractivity contribution in [2.45, 2.75) is 90.1 Å². The standard InChI is InChI=1S/C35H48F3N7O5/c1-7-45-28(13-14-39-45)33(47)42-30(24-9-8-10-25(17-24)31(37)38)34(48)40-27-12-11-23(18-26(27)36)21(3)29(41-32(46)22(4)50-6)35(49)44-16-15-43(5)20(2)19-44/h11-14,18,20-22,24,29-30H,7-10,15-17,19H2,1-6H3,(H,40,48)(H,41,46)(H,42,47)/t20-,21+,22+,24?,29-,30?/m1/s1. The number of methoxy groups -OCH3 is 1. The van der Waals surface area contributed by atoms with Gasteiger partial charge in [-0.25, -0.2) is 4.39 Å². The van der Waals surface area contributed by atoms with Crippen LogP contribution in [0.5, 0.6) is 0 Å². The summed E-state index contributed by atoms with van der Waals surface area (Å²) in [7, 11) is 3.36. The highest BCUT2D eigenvalue weighted by Gasteiger charge is 2.37. The number of piperazine rings is 1. The molecule has 1 aromatic heterocycles. The molecule has 12 nitrogen and oxygen atoms in total. The number of rotatable bonds is 12. The molecular weight excluding hydrogens is 655 g/mol. The summed E-state index contributed by atoms with van der Waals surface area (Å²) in [6.07, 6.45) is -0.286. The predicted molar refractivity (Wildman–Crippen MR) is 181 cm³/mol. The van der Waals surface area contributed by atoms with Gasteiger partial charge >= 0.3 is 0 Å². The van der Waals surface area contributed by atoms with E-state index in [1.807, 2.05) is 14.0 Å². The van der Waals surface area contributed by atoms with Crippen molar-refractivity contribution in [3.63, 3.8) is 0 Å². The third-order valence-electron chi connectivity index (χ3n) is 9.95. The van der Waals surface area contributed by atoms with Crippen LogP contribution in [0.25, 0.3) is 0 Å². The van der Waals surface area contributed by atoms with Crippen molar-refractivity contribution in [2.75, 3.05) is 39.1 Å². The summed E-state index contributed by atoms with van der Waals surface area (Å²) < 4.78 is 49.5. The summed E-state index contributed by atoms with van der Waals surface area (Å²) in [4.78, 5) is 57.5. The Morgan fingerprint density at radius 2 is 1.82 bits per heavy atom. The van der Waals surface area contributed by atoms with Crippen LogP contribution < -0.4 is 16.0 Å². The highest BCUT2D eigenvalue weighted by Crippen LogP contribution is 2.34. The second kappa shape index (κ2) is 17.1. The maximum atomic E-state index is 15.8. The van der Waals surface area contributed by atoms with Gasteiger partial charge in [-0.05, 0) is 88.8 Å². The third kappa shape index (κ3) is 9.10. The van der Waals surface area contributed by atoms with Gasteiger partial charge in [0, 0.05) is 51.4 Å². The number of nitrogens with one attached hydrogen (secondary N) is 3. The van der Waals surface area contributed by atoms with Crippen LogP contribution in [0.3, 0.4) is 0 Å². The van der Waals surface area contributed by atoms with Gasteiger partial charge in [0.15, 0.2) is 0 Å². The topological polar surface area (TPSA) is 138 Å². The highest BCUT2D eigenvalue weighted by atomic mass is 19.3. The Balaban J connectivity index is 1.57. The summed E-state index contributed by atoms with van der Waals surface area (Å²) in [6, 6.07) is 3.39. The number of allylic oxidation sites excluding steroid dienone is 1. The molecule has 3 N–H and O–H groups in total. The molecule has 1 aliphatic carbocycles. The number of amides is 4. The number of hydrogen-bond donors (Lipinski definition) is 3. The lowest BCUT2D eigenvalue weighted by atomic mass is 9.81. The summed E-state index contributed by atoms with van der Waals surface area (Å²) in [6.45, 7) is 9.04. The Kier molecular flexibility index (Phi) is 13.2. The molecule has 4 amide bonds. The Hall–Kier alpha value is -4.24. The van der Waals surface area contributed by atoms with Gasteiger partial charge in [-0.15, -0.1) is 0 Å². The van der Waals surface area contributed by atoms with Crippen molar-refractivity contribution in [1.29, 1.82) is 0 Å². The zero-order valence-electron chi connectivity index (χ0n) is 29.5. The molecule has 2 aliphatic rings. The van der Waals surface area contributed by atoms with Crippen LogP contribution in [0.4, 0.5) is 18.9 Å². The van der Waals surface area contributed by atoms with Gasteiger partial charge in [-0.1, -0.05) is 13.0 Å². The summed E-state index contributed by atoms with van der Waals surface area (Å²) in [5.74, 6) is -4.32. The number of hydrogen-bond acceptors (Lipinski definition) is 7. The molecule has 274 valence electrons. The Morgan fingerprint density at radius 1 is 1.08 bits per heavy atom. The van der Waals surface area contributed by atoms with E-state index in [1.165, 1.54) is 36.2 Å². The minimum Gasteiger partial charge on any atom is -0.372 e. The lowest BCUT2D eigenvalue weighted by Gasteiger charge is -2.40. The number of benzene rings is 1. The van der Waals surface area contributed by atoms with Gasteiger partial charge in [-0.2, -0.15) is 13.9 Å². The predicted octanol–water partition coefficient (Wildman–Crippen LogP) is 3.91. The lowest BCUT2D eigenvalue weighted by molar-refractivity contribution is -0.141. The van der Waals surface area contributed by atoms with E-state index in [2.05, 4.69) is 25.9 Å². The first kappa shape index (κ1) is 38.6. The van der Waals surface area contributed by atoms with E-state index in [-0.39, 0.29) is 41.7 Å². The number of halogens is 3. The molecule has 50 heavy (non-hydrogen) atoms. The van der Waals surface area contributed by atoms with Gasteiger partial charge in [0.05, 0.1) is 5.69 Å². The molecule has 6 atom stereocenters. The highest BCUT2D eigenvalue weighted by molar-refractivity contribution is 6.01. The molecule has 2 heterocycles. The summed E-state index contributed by atoms with van der Waals surface area (Å²) in [5, 5.41) is 12.1. The normalized spacial score (nSPS) is 20.7. The van der Waals surface area contributed by atoms with E-state index in [0.29, 0.717) is 44.6 Å². The third-order valence-corrected chi connectivity index (χ3v) is 9.95. The average Bonchev–Trinajstić information content (AvgIpc) is 3.59. The number of aromatic nitrogens is 2. The van der Waals surface area contributed by atoms with Crippen LogP contribution in [0, 0.1) is 11.7 Å². The molecule has 4 rings (SSSR count). The zero-order chi connectivity index (χ0) is 36.7. The van der Waals surface area contributed by atoms with E-state index < -0.39 is 59.6 Å². The van der Waals surface area contributed by atoms with Crippen LogP contribution in [0.1, 0.15) is 75.3 Å². The fraction of sp³-hybridized carbons (Fsp3) is 0.571. The summed E-state index contributed by atoms with van der Waals surface area (Å²) >= 11 is 0. The molecule has 0 spiro atoms. The first-order valence-corrected chi connectivity index (χ1v) is 17.0. The van der Waals surface area contributed by atoms with Crippen LogP contribution in [-0.2, 0) is 25.7 Å². The molecule has 2 unspecified atom stereocenters. The Morgan fingerprint density at radius 3 is 2.46 bits per heavy atom. The van der Waals surface area contributed by atoms with Crippen molar-refractivity contribution in [3.8, 4) is 0 Å². The van der Waals surface area contributed by atoms with Crippen LogP contribution in [-0.4, -0.2) is 101 Å². The number of aryl methyl sites for hydroxylation is 1. The Bertz CT molecular complexity index is 1580. The largest absolute Gasteiger partial charge is 0.372 e. The minimum atomic E-state index is -1.80. The average molecular weight is 704 g/mol. The molecule has 1 aliphatic heterocycles. The van der Waals surface area contributed by atoms with Gasteiger partial charge in [-0.3, -0.25) is 23.9 Å². The maximum Gasteiger partial charge on any atom is 0.270 e. The van der Waals surface area contributed by atoms with Crippen molar-refractivity contribution in [3.05, 3.63) is 59.2 Å².